The fourth-order valence-corrected chi connectivity index (χ4v) is 2.82. The van der Waals surface area contributed by atoms with E-state index in [4.69, 9.17) is 9.84 Å². The number of rotatable bonds is 4. The van der Waals surface area contributed by atoms with Gasteiger partial charge < -0.3 is 20.5 Å². The van der Waals surface area contributed by atoms with Gasteiger partial charge in [-0.2, -0.15) is 0 Å². The maximum absolute atomic E-state index is 12.0. The van der Waals surface area contributed by atoms with Crippen LogP contribution in [0.3, 0.4) is 0 Å². The molecule has 2 unspecified atom stereocenters. The second-order valence-electron chi connectivity index (χ2n) is 5.88. The van der Waals surface area contributed by atoms with Crippen molar-refractivity contribution < 1.29 is 24.2 Å². The normalized spacial score (nSPS) is 22.2. The van der Waals surface area contributed by atoms with Gasteiger partial charge in [0, 0.05) is 11.1 Å². The van der Waals surface area contributed by atoms with E-state index in [1.807, 2.05) is 0 Å². The summed E-state index contributed by atoms with van der Waals surface area (Å²) in [5.74, 6) is -2.47. The molecule has 3 N–H and O–H groups in total. The summed E-state index contributed by atoms with van der Waals surface area (Å²) in [6, 6.07) is -1.84. The van der Waals surface area contributed by atoms with Crippen LogP contribution in [0.25, 0.3) is 0 Å². The van der Waals surface area contributed by atoms with Crippen LogP contribution in [0.4, 0.5) is 4.79 Å². The van der Waals surface area contributed by atoms with Crippen molar-refractivity contribution in [3.63, 3.8) is 0 Å². The van der Waals surface area contributed by atoms with Gasteiger partial charge in [0.05, 0.1) is 17.5 Å². The lowest BCUT2D eigenvalue weighted by Crippen LogP contribution is -2.65. The quantitative estimate of drug-likeness (QED) is 0.708. The molecule has 120 valence electrons. The first-order valence-corrected chi connectivity index (χ1v) is 7.48. The number of carboxylic acids is 1. The lowest BCUT2D eigenvalue weighted by atomic mass is 9.83. The van der Waals surface area contributed by atoms with Gasteiger partial charge in [0.15, 0.2) is 0 Å². The Morgan fingerprint density at radius 2 is 2.18 bits per heavy atom. The van der Waals surface area contributed by atoms with E-state index in [1.165, 1.54) is 17.5 Å². The number of thiazole rings is 1. The van der Waals surface area contributed by atoms with Gasteiger partial charge in [0.1, 0.15) is 11.6 Å². The maximum Gasteiger partial charge on any atom is 0.408 e. The highest BCUT2D eigenvalue weighted by molar-refractivity contribution is 7.09. The lowest BCUT2D eigenvalue weighted by molar-refractivity contribution is -0.154. The van der Waals surface area contributed by atoms with Gasteiger partial charge in [-0.15, -0.1) is 11.3 Å². The summed E-state index contributed by atoms with van der Waals surface area (Å²) in [5.41, 5.74) is 0.849. The summed E-state index contributed by atoms with van der Waals surface area (Å²) in [6.45, 7) is 5.14. The Balaban J connectivity index is 2.19. The molecule has 0 radical (unpaired) electrons. The summed E-state index contributed by atoms with van der Waals surface area (Å²) in [5, 5.41) is 14.0. The molecule has 8 nitrogen and oxygen atoms in total. The average molecular weight is 327 g/mol. The van der Waals surface area contributed by atoms with Crippen LogP contribution in [0.15, 0.2) is 11.7 Å². The van der Waals surface area contributed by atoms with Crippen molar-refractivity contribution in [1.82, 2.24) is 15.6 Å². The van der Waals surface area contributed by atoms with Crippen LogP contribution < -0.4 is 10.6 Å². The Kier molecular flexibility index (Phi) is 4.36. The largest absolute Gasteiger partial charge is 0.480 e. The van der Waals surface area contributed by atoms with Crippen LogP contribution >= 0.6 is 11.3 Å². The highest BCUT2D eigenvalue weighted by atomic mass is 32.1. The first kappa shape index (κ1) is 16.2. The third-order valence-electron chi connectivity index (χ3n) is 3.01. The number of hydrogen-bond acceptors (Lipinski definition) is 6. The third kappa shape index (κ3) is 3.53. The number of aliphatic carboxylic acids is 1. The van der Waals surface area contributed by atoms with Crippen LogP contribution in [0, 0.1) is 5.92 Å². The predicted octanol–water partition coefficient (Wildman–Crippen LogP) is 0.908. The molecule has 1 fully saturated rings. The van der Waals surface area contributed by atoms with E-state index in [2.05, 4.69) is 15.6 Å². The zero-order valence-corrected chi connectivity index (χ0v) is 13.1. The molecular weight excluding hydrogens is 310 g/mol. The van der Waals surface area contributed by atoms with Crippen molar-refractivity contribution >= 4 is 29.3 Å². The predicted molar refractivity (Wildman–Crippen MR) is 77.3 cm³/mol. The molecule has 2 rings (SSSR count). The van der Waals surface area contributed by atoms with Crippen molar-refractivity contribution in [2.24, 2.45) is 5.92 Å². The number of ether oxygens (including phenoxy) is 1. The van der Waals surface area contributed by atoms with Crippen molar-refractivity contribution in [2.75, 3.05) is 0 Å². The number of nitrogens with zero attached hydrogens (tertiary/aromatic N) is 1. The molecule has 2 amide bonds. The summed E-state index contributed by atoms with van der Waals surface area (Å²) >= 11 is 1.23. The van der Waals surface area contributed by atoms with Crippen molar-refractivity contribution in [1.29, 1.82) is 0 Å². The number of carboxylic acid groups (broad SMARTS) is 1. The van der Waals surface area contributed by atoms with E-state index in [-0.39, 0.29) is 0 Å². The van der Waals surface area contributed by atoms with Gasteiger partial charge in [0.2, 0.25) is 5.91 Å². The second kappa shape index (κ2) is 5.91. The molecule has 1 aliphatic rings. The molecule has 0 aromatic carbocycles. The Labute approximate surface area is 130 Å². The van der Waals surface area contributed by atoms with Gasteiger partial charge in [-0.25, -0.2) is 9.59 Å². The molecule has 0 aliphatic carbocycles. The number of nitrogens with one attached hydrogen (secondary N) is 2. The second-order valence-corrected chi connectivity index (χ2v) is 6.80. The monoisotopic (exact) mass is 327 g/mol. The van der Waals surface area contributed by atoms with Crippen LogP contribution in [-0.2, 0) is 14.3 Å². The SMILES string of the molecule is CC(C)(C)OC(=O)NC(c1cncs1)C1C(=O)N[C@H]1C(=O)O. The van der Waals surface area contributed by atoms with E-state index >= 15 is 0 Å². The molecule has 1 aromatic rings. The third-order valence-corrected chi connectivity index (χ3v) is 3.87. The molecule has 1 aromatic heterocycles. The Morgan fingerprint density at radius 1 is 1.50 bits per heavy atom. The minimum Gasteiger partial charge on any atom is -0.480 e. The molecule has 1 aliphatic heterocycles. The topological polar surface area (TPSA) is 118 Å². The van der Waals surface area contributed by atoms with Gasteiger partial charge >= 0.3 is 12.1 Å². The minimum absolute atomic E-state index is 0.429. The standard InChI is InChI=1S/C13H17N3O5S/c1-13(2,3)21-12(20)16-8(6-4-14-5-22-6)7-9(11(18)19)15-10(7)17/h4-5,7-9H,1-3H3,(H,15,17)(H,16,20)(H,18,19)/t7?,8?,9-/m1/s1. The zero-order valence-electron chi connectivity index (χ0n) is 12.3. The molecule has 0 saturated carbocycles. The fourth-order valence-electron chi connectivity index (χ4n) is 2.11. The number of alkyl carbamates (subject to hydrolysis) is 1. The van der Waals surface area contributed by atoms with Gasteiger partial charge in [-0.1, -0.05) is 0 Å². The number of hydrogen-bond donors (Lipinski definition) is 3. The first-order valence-electron chi connectivity index (χ1n) is 6.60. The van der Waals surface area contributed by atoms with Gasteiger partial charge in [-0.05, 0) is 20.8 Å². The highest BCUT2D eigenvalue weighted by Gasteiger charge is 2.50. The Morgan fingerprint density at radius 3 is 2.64 bits per heavy atom. The molecule has 0 spiro atoms. The van der Waals surface area contributed by atoms with Gasteiger partial charge in [0.25, 0.3) is 0 Å². The zero-order chi connectivity index (χ0) is 16.5. The summed E-state index contributed by atoms with van der Waals surface area (Å²) in [4.78, 5) is 39.4. The van der Waals surface area contributed by atoms with Crippen LogP contribution in [-0.4, -0.2) is 39.7 Å². The number of aromatic nitrogens is 1. The highest BCUT2D eigenvalue weighted by Crippen LogP contribution is 2.33. The van der Waals surface area contributed by atoms with E-state index < -0.39 is 41.6 Å². The number of β-lactam (4-membered cyclic amide) rings is 1. The lowest BCUT2D eigenvalue weighted by Gasteiger charge is -2.38. The minimum atomic E-state index is -1.15. The Bertz CT molecular complexity index is 581. The Hall–Kier alpha value is -2.16. The van der Waals surface area contributed by atoms with E-state index in [0.29, 0.717) is 4.88 Å². The number of carbonyl (C=O) groups excluding carboxylic acids is 2. The van der Waals surface area contributed by atoms with Gasteiger partial charge in [-0.3, -0.25) is 9.78 Å². The number of amides is 2. The van der Waals surface area contributed by atoms with E-state index in [0.717, 1.165) is 0 Å². The fraction of sp³-hybridized carbons (Fsp3) is 0.538. The van der Waals surface area contributed by atoms with Crippen molar-refractivity contribution in [2.45, 2.75) is 38.5 Å². The molecule has 9 heteroatoms. The smallest absolute Gasteiger partial charge is 0.408 e. The summed E-state index contributed by atoms with van der Waals surface area (Å²) < 4.78 is 5.17. The van der Waals surface area contributed by atoms with Crippen LogP contribution in [0.1, 0.15) is 31.7 Å². The molecule has 1 saturated heterocycles. The molecule has 3 atom stereocenters. The van der Waals surface area contributed by atoms with Crippen molar-refractivity contribution in [3.8, 4) is 0 Å². The first-order chi connectivity index (χ1) is 10.2. The molecule has 22 heavy (non-hydrogen) atoms. The van der Waals surface area contributed by atoms with Crippen LogP contribution in [0.5, 0.6) is 0 Å². The summed E-state index contributed by atoms with van der Waals surface area (Å²) in [6.07, 6.45) is 0.784. The van der Waals surface area contributed by atoms with Crippen LogP contribution in [0.2, 0.25) is 0 Å². The molecule has 0 bridgehead atoms. The molecular formula is C13H17N3O5S. The van der Waals surface area contributed by atoms with E-state index in [1.54, 1.807) is 26.3 Å². The molecule has 2 heterocycles. The summed E-state index contributed by atoms with van der Waals surface area (Å²) in [7, 11) is 0. The van der Waals surface area contributed by atoms with E-state index in [9.17, 15) is 14.4 Å². The maximum atomic E-state index is 12.0. The average Bonchev–Trinajstić information content (AvgIpc) is 2.85. The number of carbonyl (C=O) groups is 3. The van der Waals surface area contributed by atoms with Crippen molar-refractivity contribution in [3.05, 3.63) is 16.6 Å².